The smallest absolute Gasteiger partial charge is 0.462 e. The van der Waals surface area contributed by atoms with Gasteiger partial charge >= 0.3 is 19.8 Å². The van der Waals surface area contributed by atoms with E-state index in [1.165, 1.54) is 0 Å². The van der Waals surface area contributed by atoms with Crippen molar-refractivity contribution in [1.29, 1.82) is 0 Å². The predicted molar refractivity (Wildman–Crippen MR) is 247 cm³/mol. The summed E-state index contributed by atoms with van der Waals surface area (Å²) in [4.78, 5) is 34.5. The molecule has 0 aliphatic heterocycles. The molecule has 0 radical (unpaired) electrons. The molecular formula is C49H80NO8P. The molecule has 10 heteroatoms. The van der Waals surface area contributed by atoms with Gasteiger partial charge in [-0.1, -0.05) is 168 Å². The molecule has 0 aliphatic carbocycles. The van der Waals surface area contributed by atoms with Crippen molar-refractivity contribution in [3.05, 3.63) is 109 Å². The molecule has 0 saturated heterocycles. The molecule has 0 bridgehead atoms. The molecule has 0 aliphatic rings. The number of phosphoric acid groups is 1. The molecule has 334 valence electrons. The van der Waals surface area contributed by atoms with Crippen LogP contribution in [0.5, 0.6) is 0 Å². The minimum Gasteiger partial charge on any atom is -0.462 e. The average molecular weight is 842 g/mol. The number of carbonyl (C=O) groups is 2. The summed E-state index contributed by atoms with van der Waals surface area (Å²) >= 11 is 0. The lowest BCUT2D eigenvalue weighted by Gasteiger charge is -2.19. The summed E-state index contributed by atoms with van der Waals surface area (Å²) in [6.45, 7) is 3.46. The number of hydrogen-bond donors (Lipinski definition) is 2. The van der Waals surface area contributed by atoms with Crippen LogP contribution in [0.25, 0.3) is 0 Å². The zero-order valence-corrected chi connectivity index (χ0v) is 37.6. The van der Waals surface area contributed by atoms with Crippen LogP contribution in [0.2, 0.25) is 0 Å². The lowest BCUT2D eigenvalue weighted by Crippen LogP contribution is -2.29. The Hall–Kier alpha value is -3.33. The second kappa shape index (κ2) is 44.2. The number of allylic oxidation sites excluding steroid dienone is 18. The third-order valence-corrected chi connectivity index (χ3v) is 9.66. The van der Waals surface area contributed by atoms with Gasteiger partial charge in [0.05, 0.1) is 13.2 Å². The summed E-state index contributed by atoms with van der Waals surface area (Å²) < 4.78 is 32.5. The first-order valence-electron chi connectivity index (χ1n) is 22.4. The Morgan fingerprint density at radius 3 is 1.39 bits per heavy atom. The van der Waals surface area contributed by atoms with Crippen molar-refractivity contribution >= 4 is 19.8 Å². The first-order valence-corrected chi connectivity index (χ1v) is 23.9. The Labute approximate surface area is 359 Å². The zero-order valence-electron chi connectivity index (χ0n) is 36.7. The number of nitrogens with two attached hydrogens (primary N) is 1. The van der Waals surface area contributed by atoms with Gasteiger partial charge in [-0.2, -0.15) is 0 Å². The van der Waals surface area contributed by atoms with Crippen LogP contribution in [-0.2, 0) is 32.7 Å². The van der Waals surface area contributed by atoms with Crippen molar-refractivity contribution in [3.63, 3.8) is 0 Å². The van der Waals surface area contributed by atoms with Crippen LogP contribution in [0.15, 0.2) is 109 Å². The molecule has 0 fully saturated rings. The Bertz CT molecular complexity index is 1330. The molecule has 2 unspecified atom stereocenters. The Balaban J connectivity index is 4.01. The molecule has 0 aromatic carbocycles. The molecule has 0 amide bonds. The highest BCUT2D eigenvalue weighted by Gasteiger charge is 2.26. The largest absolute Gasteiger partial charge is 0.472 e. The van der Waals surface area contributed by atoms with Gasteiger partial charge in [0.2, 0.25) is 0 Å². The van der Waals surface area contributed by atoms with Gasteiger partial charge in [-0.15, -0.1) is 0 Å². The first-order chi connectivity index (χ1) is 28.8. The SMILES string of the molecule is CC/C=C\C/C=C\C/C=C\C/C=C\C/C=C\C/C=C\C/C=C\C/C=C\C/C=C\CCCCCCCC(=O)OC(COC(=O)CCCCCCC)COP(=O)(O)OCCN. The summed E-state index contributed by atoms with van der Waals surface area (Å²) in [5.41, 5.74) is 5.32. The average Bonchev–Trinajstić information content (AvgIpc) is 3.22. The van der Waals surface area contributed by atoms with E-state index < -0.39 is 32.5 Å². The van der Waals surface area contributed by atoms with Crippen molar-refractivity contribution in [2.45, 2.75) is 161 Å². The van der Waals surface area contributed by atoms with E-state index in [0.29, 0.717) is 6.42 Å². The van der Waals surface area contributed by atoms with Gasteiger partial charge in [0.1, 0.15) is 6.61 Å². The van der Waals surface area contributed by atoms with E-state index in [-0.39, 0.29) is 32.6 Å². The highest BCUT2D eigenvalue weighted by molar-refractivity contribution is 7.47. The van der Waals surface area contributed by atoms with Gasteiger partial charge < -0.3 is 20.1 Å². The number of carbonyl (C=O) groups excluding carboxylic acids is 2. The molecule has 3 N–H and O–H groups in total. The first kappa shape index (κ1) is 55.7. The molecule has 0 heterocycles. The molecule has 0 aromatic rings. The van der Waals surface area contributed by atoms with Gasteiger partial charge in [-0.3, -0.25) is 18.6 Å². The van der Waals surface area contributed by atoms with Gasteiger partial charge in [-0.05, 0) is 83.5 Å². The van der Waals surface area contributed by atoms with Crippen LogP contribution in [0.3, 0.4) is 0 Å². The maximum atomic E-state index is 12.5. The number of ether oxygens (including phenoxy) is 2. The van der Waals surface area contributed by atoms with Crippen LogP contribution < -0.4 is 5.73 Å². The third kappa shape index (κ3) is 44.1. The zero-order chi connectivity index (χ0) is 43.2. The Morgan fingerprint density at radius 1 is 0.525 bits per heavy atom. The number of hydrogen-bond acceptors (Lipinski definition) is 8. The van der Waals surface area contributed by atoms with Crippen LogP contribution >= 0.6 is 7.82 Å². The second-order valence-electron chi connectivity index (χ2n) is 14.2. The van der Waals surface area contributed by atoms with Crippen molar-refractivity contribution in [3.8, 4) is 0 Å². The minimum atomic E-state index is -4.38. The minimum absolute atomic E-state index is 0.0444. The number of rotatable bonds is 40. The number of unbranched alkanes of at least 4 members (excludes halogenated alkanes) is 9. The molecular weight excluding hydrogens is 762 g/mol. The van der Waals surface area contributed by atoms with Crippen molar-refractivity contribution in [1.82, 2.24) is 0 Å². The monoisotopic (exact) mass is 842 g/mol. The van der Waals surface area contributed by atoms with E-state index in [4.69, 9.17) is 24.3 Å². The fourth-order valence-corrected chi connectivity index (χ4v) is 6.15. The number of phosphoric ester groups is 1. The van der Waals surface area contributed by atoms with E-state index in [1.807, 2.05) is 0 Å². The molecule has 0 spiro atoms. The van der Waals surface area contributed by atoms with Gasteiger partial charge in [-0.25, -0.2) is 4.57 Å². The summed E-state index contributed by atoms with van der Waals surface area (Å²) in [5, 5.41) is 0. The second-order valence-corrected chi connectivity index (χ2v) is 15.6. The quantitative estimate of drug-likeness (QED) is 0.0267. The lowest BCUT2D eigenvalue weighted by atomic mass is 10.1. The summed E-state index contributed by atoms with van der Waals surface area (Å²) in [6.07, 6.45) is 59.0. The highest BCUT2D eigenvalue weighted by Crippen LogP contribution is 2.43. The van der Waals surface area contributed by atoms with E-state index in [0.717, 1.165) is 122 Å². The summed E-state index contributed by atoms with van der Waals surface area (Å²) in [5.74, 6) is -0.877. The van der Waals surface area contributed by atoms with Gasteiger partial charge in [0.15, 0.2) is 6.10 Å². The fourth-order valence-electron chi connectivity index (χ4n) is 5.39. The van der Waals surface area contributed by atoms with E-state index >= 15 is 0 Å². The molecule has 59 heavy (non-hydrogen) atoms. The maximum Gasteiger partial charge on any atom is 0.472 e. The van der Waals surface area contributed by atoms with Gasteiger partial charge in [0.25, 0.3) is 0 Å². The molecule has 2 atom stereocenters. The van der Waals surface area contributed by atoms with Crippen molar-refractivity contribution < 1.29 is 37.6 Å². The highest BCUT2D eigenvalue weighted by atomic mass is 31.2. The predicted octanol–water partition coefficient (Wildman–Crippen LogP) is 13.2. The molecule has 0 rings (SSSR count). The summed E-state index contributed by atoms with van der Waals surface area (Å²) in [6, 6.07) is 0. The molecule has 9 nitrogen and oxygen atoms in total. The van der Waals surface area contributed by atoms with Crippen LogP contribution in [-0.4, -0.2) is 49.3 Å². The van der Waals surface area contributed by atoms with Crippen LogP contribution in [0.4, 0.5) is 0 Å². The van der Waals surface area contributed by atoms with E-state index in [1.54, 1.807) is 0 Å². The maximum absolute atomic E-state index is 12.5. The molecule has 0 saturated carbocycles. The van der Waals surface area contributed by atoms with E-state index in [9.17, 15) is 19.0 Å². The molecule has 0 aromatic heterocycles. The number of esters is 2. The fraction of sp³-hybridized carbons (Fsp3) is 0.592. The van der Waals surface area contributed by atoms with Gasteiger partial charge in [0, 0.05) is 19.4 Å². The van der Waals surface area contributed by atoms with Crippen LogP contribution in [0, 0.1) is 0 Å². The Kier molecular flexibility index (Phi) is 41.7. The van der Waals surface area contributed by atoms with Crippen LogP contribution in [0.1, 0.15) is 155 Å². The Morgan fingerprint density at radius 2 is 0.932 bits per heavy atom. The van der Waals surface area contributed by atoms with Crippen molar-refractivity contribution in [2.75, 3.05) is 26.4 Å². The standard InChI is InChI=1S/C49H80NO8P/c1-3-5-7-9-10-11-12-13-14-15-16-17-18-19-20-21-22-23-24-25-26-27-28-29-30-31-32-33-34-35-36-38-40-42-49(52)58-47(46-57-59(53,54)56-44-43-50)45-55-48(51)41-39-37-8-6-4-2/h5,7,10-11,13-14,16-17,19-20,22-23,25-26,28-29,31-32,47H,3-4,6,8-9,12,15,18,21,24,27,30,33-46,50H2,1-2H3,(H,53,54)/b7-5-,11-10-,14-13-,17-16-,20-19-,23-22-,26-25-,29-28-,32-31-. The van der Waals surface area contributed by atoms with E-state index in [2.05, 4.69) is 123 Å². The topological polar surface area (TPSA) is 134 Å². The summed E-state index contributed by atoms with van der Waals surface area (Å²) in [7, 11) is -4.38. The lowest BCUT2D eigenvalue weighted by molar-refractivity contribution is -0.161. The normalized spacial score (nSPS) is 14.3. The third-order valence-electron chi connectivity index (χ3n) is 8.67. The van der Waals surface area contributed by atoms with Crippen molar-refractivity contribution in [2.24, 2.45) is 5.73 Å².